The van der Waals surface area contributed by atoms with Gasteiger partial charge in [0.1, 0.15) is 16.4 Å². The van der Waals surface area contributed by atoms with Gasteiger partial charge in [0, 0.05) is 40.7 Å². The van der Waals surface area contributed by atoms with Crippen LogP contribution in [0, 0.1) is 5.82 Å². The Hall–Kier alpha value is -2.15. The SMILES string of the molecule is NCc1ccc2c(c1)C1(CCN(C(=O)c3sc4cc(F)ccc4c3Cl)CC1)CO2. The highest BCUT2D eigenvalue weighted by atomic mass is 35.5. The number of nitrogens with two attached hydrogens (primary N) is 1. The molecule has 1 aromatic heterocycles. The molecular weight excluding hydrogens is 411 g/mol. The molecule has 0 aliphatic carbocycles. The molecule has 0 radical (unpaired) electrons. The van der Waals surface area contributed by atoms with Crippen molar-refractivity contribution in [2.24, 2.45) is 5.73 Å². The van der Waals surface area contributed by atoms with Crippen LogP contribution >= 0.6 is 22.9 Å². The van der Waals surface area contributed by atoms with Crippen molar-refractivity contribution >= 4 is 38.9 Å². The van der Waals surface area contributed by atoms with Crippen LogP contribution in [0.15, 0.2) is 36.4 Å². The number of carbonyl (C=O) groups excluding carboxylic acids is 1. The fourth-order valence-corrected chi connectivity index (χ4v) is 5.91. The third-order valence-corrected chi connectivity index (χ3v) is 7.79. The second kappa shape index (κ2) is 6.97. The lowest BCUT2D eigenvalue weighted by molar-refractivity contribution is 0.0651. The molecule has 3 heterocycles. The summed E-state index contributed by atoms with van der Waals surface area (Å²) in [4.78, 5) is 15.5. The molecule has 2 aliphatic heterocycles. The number of piperidine rings is 1. The van der Waals surface area contributed by atoms with Gasteiger partial charge in [0.2, 0.25) is 0 Å². The highest BCUT2D eigenvalue weighted by Gasteiger charge is 2.44. The Morgan fingerprint density at radius 3 is 2.79 bits per heavy atom. The van der Waals surface area contributed by atoms with Crippen molar-refractivity contribution < 1.29 is 13.9 Å². The Labute approximate surface area is 177 Å². The van der Waals surface area contributed by atoms with Gasteiger partial charge in [-0.3, -0.25) is 4.79 Å². The van der Waals surface area contributed by atoms with Gasteiger partial charge in [-0.2, -0.15) is 0 Å². The number of benzene rings is 2. The number of hydrogen-bond donors (Lipinski definition) is 1. The minimum Gasteiger partial charge on any atom is -0.492 e. The summed E-state index contributed by atoms with van der Waals surface area (Å²) >= 11 is 7.71. The van der Waals surface area contributed by atoms with Crippen molar-refractivity contribution in [3.63, 3.8) is 0 Å². The zero-order valence-electron chi connectivity index (χ0n) is 15.7. The van der Waals surface area contributed by atoms with Gasteiger partial charge in [-0.25, -0.2) is 4.39 Å². The monoisotopic (exact) mass is 430 g/mol. The first-order valence-corrected chi connectivity index (χ1v) is 10.8. The molecule has 1 fully saturated rings. The van der Waals surface area contributed by atoms with Crippen molar-refractivity contribution in [2.75, 3.05) is 19.7 Å². The topological polar surface area (TPSA) is 55.6 Å². The zero-order chi connectivity index (χ0) is 20.2. The minimum atomic E-state index is -0.328. The predicted octanol–water partition coefficient (Wildman–Crippen LogP) is 4.72. The molecule has 150 valence electrons. The standard InChI is InChI=1S/C22H20ClFN2O2S/c23-19-15-3-2-14(24)10-18(15)29-20(19)21(27)26-7-5-22(6-8-26)12-28-17-4-1-13(11-25)9-16(17)22/h1-4,9-10H,5-8,11-12,25H2. The fraction of sp³-hybridized carbons (Fsp3) is 0.318. The number of fused-ring (bicyclic) bond motifs is 3. The van der Waals surface area contributed by atoms with Crippen molar-refractivity contribution in [3.8, 4) is 5.75 Å². The lowest BCUT2D eigenvalue weighted by Crippen LogP contribution is -2.46. The number of ether oxygens (including phenoxy) is 1. The van der Waals surface area contributed by atoms with E-state index in [1.807, 2.05) is 17.0 Å². The number of amides is 1. The van der Waals surface area contributed by atoms with E-state index in [1.54, 1.807) is 6.07 Å². The van der Waals surface area contributed by atoms with Crippen LogP contribution in [-0.2, 0) is 12.0 Å². The molecule has 2 N–H and O–H groups in total. The number of carbonyl (C=O) groups is 1. The van der Waals surface area contributed by atoms with Gasteiger partial charge in [0.05, 0.1) is 11.6 Å². The molecule has 0 saturated carbocycles. The smallest absolute Gasteiger partial charge is 0.265 e. The van der Waals surface area contributed by atoms with Crippen LogP contribution in [0.25, 0.3) is 10.1 Å². The van der Waals surface area contributed by atoms with Gasteiger partial charge in [-0.1, -0.05) is 23.7 Å². The summed E-state index contributed by atoms with van der Waals surface area (Å²) in [5, 5.41) is 1.14. The normalized spacial score (nSPS) is 17.6. The zero-order valence-corrected chi connectivity index (χ0v) is 17.3. The summed E-state index contributed by atoms with van der Waals surface area (Å²) in [6, 6.07) is 10.6. The summed E-state index contributed by atoms with van der Waals surface area (Å²) < 4.78 is 20.2. The van der Waals surface area contributed by atoms with Gasteiger partial charge in [-0.05, 0) is 42.7 Å². The van der Waals surface area contributed by atoms with Crippen molar-refractivity contribution in [3.05, 3.63) is 63.2 Å². The van der Waals surface area contributed by atoms with E-state index >= 15 is 0 Å². The molecule has 0 atom stereocenters. The van der Waals surface area contributed by atoms with E-state index in [1.165, 1.54) is 29.0 Å². The number of likely N-dealkylation sites (tertiary alicyclic amines) is 1. The summed E-state index contributed by atoms with van der Waals surface area (Å²) in [6.07, 6.45) is 1.66. The molecule has 3 aromatic rings. The summed E-state index contributed by atoms with van der Waals surface area (Å²) in [5.41, 5.74) is 8.05. The minimum absolute atomic E-state index is 0.0651. The molecule has 29 heavy (non-hydrogen) atoms. The Kier molecular flexibility index (Phi) is 4.53. The molecule has 5 rings (SSSR count). The van der Waals surface area contributed by atoms with Crippen LogP contribution in [-0.4, -0.2) is 30.5 Å². The number of thiophene rings is 1. The first-order chi connectivity index (χ1) is 14.0. The van der Waals surface area contributed by atoms with Crippen LogP contribution in [0.3, 0.4) is 0 Å². The van der Waals surface area contributed by atoms with E-state index in [4.69, 9.17) is 22.1 Å². The van der Waals surface area contributed by atoms with E-state index in [9.17, 15) is 9.18 Å². The van der Waals surface area contributed by atoms with Crippen molar-refractivity contribution in [1.82, 2.24) is 4.90 Å². The summed E-state index contributed by atoms with van der Waals surface area (Å²) in [6.45, 7) is 2.40. The highest BCUT2D eigenvalue weighted by Crippen LogP contribution is 2.46. The molecule has 0 bridgehead atoms. The Balaban J connectivity index is 1.38. The molecule has 1 spiro atoms. The average molecular weight is 431 g/mol. The van der Waals surface area contributed by atoms with Gasteiger partial charge in [0.15, 0.2) is 0 Å². The maximum absolute atomic E-state index is 13.5. The molecule has 1 amide bonds. The third kappa shape index (κ3) is 3.01. The number of halogens is 2. The highest BCUT2D eigenvalue weighted by molar-refractivity contribution is 7.21. The van der Waals surface area contributed by atoms with Gasteiger partial charge < -0.3 is 15.4 Å². The quantitative estimate of drug-likeness (QED) is 0.640. The van der Waals surface area contributed by atoms with Crippen LogP contribution in [0.4, 0.5) is 4.39 Å². The third-order valence-electron chi connectivity index (χ3n) is 6.15. The van der Waals surface area contributed by atoms with Crippen LogP contribution in [0.1, 0.15) is 33.6 Å². The Bertz CT molecular complexity index is 1120. The maximum atomic E-state index is 13.5. The second-order valence-corrected chi connectivity index (χ2v) is 9.21. The van der Waals surface area contributed by atoms with E-state index in [0.29, 0.717) is 40.8 Å². The first kappa shape index (κ1) is 18.9. The molecule has 1 saturated heterocycles. The van der Waals surface area contributed by atoms with Gasteiger partial charge in [-0.15, -0.1) is 11.3 Å². The lowest BCUT2D eigenvalue weighted by atomic mass is 9.74. The van der Waals surface area contributed by atoms with Crippen LogP contribution in [0.5, 0.6) is 5.75 Å². The fourth-order valence-electron chi connectivity index (χ4n) is 4.41. The summed E-state index contributed by atoms with van der Waals surface area (Å²) in [7, 11) is 0. The summed E-state index contributed by atoms with van der Waals surface area (Å²) in [5.74, 6) is 0.518. The van der Waals surface area contributed by atoms with Crippen LogP contribution < -0.4 is 10.5 Å². The maximum Gasteiger partial charge on any atom is 0.265 e. The number of hydrogen-bond acceptors (Lipinski definition) is 4. The van der Waals surface area contributed by atoms with E-state index in [2.05, 4.69) is 6.07 Å². The van der Waals surface area contributed by atoms with E-state index in [0.717, 1.165) is 29.5 Å². The second-order valence-electron chi connectivity index (χ2n) is 7.78. The molecule has 7 heteroatoms. The van der Waals surface area contributed by atoms with Gasteiger partial charge >= 0.3 is 0 Å². The predicted molar refractivity (Wildman–Crippen MR) is 113 cm³/mol. The lowest BCUT2D eigenvalue weighted by Gasteiger charge is -2.38. The molecule has 4 nitrogen and oxygen atoms in total. The van der Waals surface area contributed by atoms with E-state index in [-0.39, 0.29) is 17.1 Å². The molecule has 2 aliphatic rings. The average Bonchev–Trinajstić information content (AvgIpc) is 3.25. The molecule has 2 aromatic carbocycles. The van der Waals surface area contributed by atoms with Gasteiger partial charge in [0.25, 0.3) is 5.91 Å². The van der Waals surface area contributed by atoms with Crippen molar-refractivity contribution in [2.45, 2.75) is 24.8 Å². The molecule has 0 unspecified atom stereocenters. The van der Waals surface area contributed by atoms with Crippen LogP contribution in [0.2, 0.25) is 5.02 Å². The first-order valence-electron chi connectivity index (χ1n) is 9.64. The largest absolute Gasteiger partial charge is 0.492 e. The Morgan fingerprint density at radius 1 is 1.24 bits per heavy atom. The number of nitrogens with zero attached hydrogens (tertiary/aromatic N) is 1. The Morgan fingerprint density at radius 2 is 2.03 bits per heavy atom. The van der Waals surface area contributed by atoms with E-state index < -0.39 is 0 Å². The number of rotatable bonds is 2. The van der Waals surface area contributed by atoms with Crippen molar-refractivity contribution in [1.29, 1.82) is 0 Å². The molecular formula is C22H20ClFN2O2S.